The third-order valence-corrected chi connectivity index (χ3v) is 4.01. The number of carbonyl (C=O) groups excluding carboxylic acids is 1. The number of rotatable bonds is 4. The van der Waals surface area contributed by atoms with Crippen molar-refractivity contribution in [1.82, 2.24) is 10.2 Å². The molecular weight excluding hydrogens is 324 g/mol. The predicted octanol–water partition coefficient (Wildman–Crippen LogP) is 3.12. The summed E-state index contributed by atoms with van der Waals surface area (Å²) in [5, 5.41) is 3.35. The smallest absolute Gasteiger partial charge is 0.253 e. The van der Waals surface area contributed by atoms with Crippen molar-refractivity contribution in [3.8, 4) is 5.75 Å². The average molecular weight is 347 g/mol. The first-order valence-electron chi connectivity index (χ1n) is 8.02. The van der Waals surface area contributed by atoms with Crippen LogP contribution in [0.5, 0.6) is 5.75 Å². The normalized spacial score (nSPS) is 17.0. The number of nitrogens with zero attached hydrogens (tertiary/aromatic N) is 1. The Hall–Kier alpha value is -2.04. The largest absolute Gasteiger partial charge is 0.489 e. The maximum absolute atomic E-state index is 12.5. The molecule has 3 rings (SSSR count). The predicted molar refractivity (Wildman–Crippen MR) is 97.8 cm³/mol. The highest BCUT2D eigenvalue weighted by Gasteiger charge is 2.21. The van der Waals surface area contributed by atoms with Crippen LogP contribution in [0.3, 0.4) is 0 Å². The van der Waals surface area contributed by atoms with E-state index in [4.69, 9.17) is 4.74 Å². The van der Waals surface area contributed by atoms with E-state index in [0.717, 1.165) is 30.9 Å². The number of carbonyl (C=O) groups is 1. The minimum absolute atomic E-state index is 0. The highest BCUT2D eigenvalue weighted by molar-refractivity contribution is 5.94. The second kappa shape index (κ2) is 8.71. The topological polar surface area (TPSA) is 41.6 Å². The quantitative estimate of drug-likeness (QED) is 0.924. The molecule has 128 valence electrons. The molecule has 0 radical (unpaired) electrons. The van der Waals surface area contributed by atoms with Gasteiger partial charge in [-0.3, -0.25) is 4.79 Å². The Morgan fingerprint density at radius 2 is 1.88 bits per heavy atom. The molecule has 0 bridgehead atoms. The molecule has 1 unspecified atom stereocenters. The van der Waals surface area contributed by atoms with Gasteiger partial charge in [0.05, 0.1) is 0 Å². The number of benzene rings is 2. The Morgan fingerprint density at radius 3 is 2.54 bits per heavy atom. The molecule has 1 heterocycles. The van der Waals surface area contributed by atoms with Crippen molar-refractivity contribution in [2.24, 2.45) is 0 Å². The summed E-state index contributed by atoms with van der Waals surface area (Å²) in [6.07, 6.45) is 0. The summed E-state index contributed by atoms with van der Waals surface area (Å²) in [5.74, 6) is 0.868. The molecule has 1 aliphatic heterocycles. The standard InChI is InChI=1S/C19H22N2O2.ClH/c1-15-13-21(12-11-20-15)19(22)17-7-9-18(10-8-17)23-14-16-5-3-2-4-6-16;/h2-10,15,20H,11-14H2,1H3;1H. The van der Waals surface area contributed by atoms with Crippen LogP contribution in [-0.4, -0.2) is 36.5 Å². The van der Waals surface area contributed by atoms with Crippen molar-refractivity contribution in [1.29, 1.82) is 0 Å². The van der Waals surface area contributed by atoms with Crippen LogP contribution in [0, 0.1) is 0 Å². The highest BCUT2D eigenvalue weighted by atomic mass is 35.5. The van der Waals surface area contributed by atoms with Crippen LogP contribution in [0.25, 0.3) is 0 Å². The van der Waals surface area contributed by atoms with Crippen LogP contribution in [0.1, 0.15) is 22.8 Å². The lowest BCUT2D eigenvalue weighted by atomic mass is 10.1. The third-order valence-electron chi connectivity index (χ3n) is 4.01. The van der Waals surface area contributed by atoms with Crippen LogP contribution in [0.4, 0.5) is 0 Å². The first kappa shape index (κ1) is 18.3. The van der Waals surface area contributed by atoms with E-state index in [0.29, 0.717) is 18.2 Å². The molecule has 0 aliphatic carbocycles. The molecule has 4 nitrogen and oxygen atoms in total. The van der Waals surface area contributed by atoms with Gasteiger partial charge in [0.2, 0.25) is 0 Å². The van der Waals surface area contributed by atoms with Crippen LogP contribution in [0.2, 0.25) is 0 Å². The molecule has 2 aromatic rings. The van der Waals surface area contributed by atoms with Gasteiger partial charge in [-0.05, 0) is 36.8 Å². The zero-order valence-electron chi connectivity index (χ0n) is 13.8. The Morgan fingerprint density at radius 1 is 1.17 bits per heavy atom. The molecule has 0 spiro atoms. The van der Waals surface area contributed by atoms with Gasteiger partial charge in [-0.25, -0.2) is 0 Å². The molecular formula is C19H23ClN2O2. The van der Waals surface area contributed by atoms with E-state index in [1.165, 1.54) is 0 Å². The van der Waals surface area contributed by atoms with Crippen LogP contribution < -0.4 is 10.1 Å². The first-order valence-corrected chi connectivity index (χ1v) is 8.02. The summed E-state index contributed by atoms with van der Waals surface area (Å²) < 4.78 is 5.75. The molecule has 2 aromatic carbocycles. The van der Waals surface area contributed by atoms with Gasteiger partial charge in [0, 0.05) is 31.2 Å². The fourth-order valence-corrected chi connectivity index (χ4v) is 2.73. The SMILES string of the molecule is CC1CN(C(=O)c2ccc(OCc3ccccc3)cc2)CCN1.Cl. The molecule has 0 aromatic heterocycles. The Labute approximate surface area is 149 Å². The zero-order valence-corrected chi connectivity index (χ0v) is 14.6. The summed E-state index contributed by atoms with van der Waals surface area (Å²) in [6.45, 7) is 5.00. The monoisotopic (exact) mass is 346 g/mol. The third kappa shape index (κ3) is 4.73. The van der Waals surface area contributed by atoms with E-state index >= 15 is 0 Å². The van der Waals surface area contributed by atoms with Gasteiger partial charge >= 0.3 is 0 Å². The number of nitrogens with one attached hydrogen (secondary N) is 1. The summed E-state index contributed by atoms with van der Waals surface area (Å²) in [4.78, 5) is 14.4. The van der Waals surface area contributed by atoms with E-state index in [1.54, 1.807) is 0 Å². The Balaban J connectivity index is 0.00000208. The molecule has 1 aliphatic rings. The number of hydrogen-bond acceptors (Lipinski definition) is 3. The first-order chi connectivity index (χ1) is 11.2. The van der Waals surface area contributed by atoms with E-state index in [2.05, 4.69) is 12.2 Å². The fraction of sp³-hybridized carbons (Fsp3) is 0.316. The van der Waals surface area contributed by atoms with Crippen molar-refractivity contribution in [3.05, 3.63) is 65.7 Å². The fourth-order valence-electron chi connectivity index (χ4n) is 2.73. The minimum Gasteiger partial charge on any atom is -0.489 e. The van der Waals surface area contributed by atoms with Gasteiger partial charge in [-0.15, -0.1) is 12.4 Å². The van der Waals surface area contributed by atoms with Gasteiger partial charge in [-0.1, -0.05) is 30.3 Å². The molecule has 24 heavy (non-hydrogen) atoms. The van der Waals surface area contributed by atoms with Gasteiger partial charge in [0.1, 0.15) is 12.4 Å². The van der Waals surface area contributed by atoms with Crippen molar-refractivity contribution in [3.63, 3.8) is 0 Å². The van der Waals surface area contributed by atoms with E-state index in [1.807, 2.05) is 59.5 Å². The van der Waals surface area contributed by atoms with Crippen molar-refractivity contribution >= 4 is 18.3 Å². The maximum Gasteiger partial charge on any atom is 0.253 e. The van der Waals surface area contributed by atoms with Gasteiger partial charge < -0.3 is 15.0 Å². The molecule has 1 atom stereocenters. The maximum atomic E-state index is 12.5. The van der Waals surface area contributed by atoms with Gasteiger partial charge in [0.15, 0.2) is 0 Å². The molecule has 1 amide bonds. The summed E-state index contributed by atoms with van der Waals surface area (Å²) in [5.41, 5.74) is 1.84. The lowest BCUT2D eigenvalue weighted by Gasteiger charge is -2.32. The molecule has 5 heteroatoms. The van der Waals surface area contributed by atoms with Crippen LogP contribution in [-0.2, 0) is 6.61 Å². The number of amides is 1. The molecule has 0 saturated carbocycles. The van der Waals surface area contributed by atoms with E-state index in [-0.39, 0.29) is 18.3 Å². The van der Waals surface area contributed by atoms with Crippen molar-refractivity contribution < 1.29 is 9.53 Å². The second-order valence-corrected chi connectivity index (χ2v) is 5.90. The second-order valence-electron chi connectivity index (χ2n) is 5.90. The van der Waals surface area contributed by atoms with Crippen LogP contribution >= 0.6 is 12.4 Å². The summed E-state index contributed by atoms with van der Waals surface area (Å²) in [7, 11) is 0. The molecule has 1 fully saturated rings. The lowest BCUT2D eigenvalue weighted by Crippen LogP contribution is -2.51. The molecule has 1 N–H and O–H groups in total. The lowest BCUT2D eigenvalue weighted by molar-refractivity contribution is 0.0709. The minimum atomic E-state index is 0. The number of piperazine rings is 1. The zero-order chi connectivity index (χ0) is 16.1. The Bertz CT molecular complexity index is 646. The number of hydrogen-bond donors (Lipinski definition) is 1. The summed E-state index contributed by atoms with van der Waals surface area (Å²) in [6, 6.07) is 17.8. The summed E-state index contributed by atoms with van der Waals surface area (Å²) >= 11 is 0. The highest BCUT2D eigenvalue weighted by Crippen LogP contribution is 2.16. The molecule has 1 saturated heterocycles. The average Bonchev–Trinajstić information content (AvgIpc) is 2.61. The number of halogens is 1. The Kier molecular flexibility index (Phi) is 6.64. The van der Waals surface area contributed by atoms with E-state index < -0.39 is 0 Å². The van der Waals surface area contributed by atoms with Gasteiger partial charge in [-0.2, -0.15) is 0 Å². The van der Waals surface area contributed by atoms with Crippen LogP contribution in [0.15, 0.2) is 54.6 Å². The van der Waals surface area contributed by atoms with E-state index in [9.17, 15) is 4.79 Å². The number of ether oxygens (including phenoxy) is 1. The van der Waals surface area contributed by atoms with Crippen molar-refractivity contribution in [2.75, 3.05) is 19.6 Å². The van der Waals surface area contributed by atoms with Crippen molar-refractivity contribution in [2.45, 2.75) is 19.6 Å². The van der Waals surface area contributed by atoms with Gasteiger partial charge in [0.25, 0.3) is 5.91 Å².